The molecular formula is C14H18N2O6. The van der Waals surface area contributed by atoms with Crippen LogP contribution in [0.2, 0.25) is 0 Å². The third-order valence-electron chi connectivity index (χ3n) is 2.46. The van der Waals surface area contributed by atoms with E-state index in [2.05, 4.69) is 0 Å². The Morgan fingerprint density at radius 1 is 1.05 bits per heavy atom. The molecule has 0 aromatic heterocycles. The summed E-state index contributed by atoms with van der Waals surface area (Å²) in [4.78, 5) is 41.0. The Balaban J connectivity index is 0.000000409. The van der Waals surface area contributed by atoms with Crippen molar-refractivity contribution in [3.8, 4) is 0 Å². The average molecular weight is 310 g/mol. The van der Waals surface area contributed by atoms with Gasteiger partial charge in [-0.1, -0.05) is 30.3 Å². The minimum absolute atomic E-state index is 0.0213. The summed E-state index contributed by atoms with van der Waals surface area (Å²) >= 11 is 0. The van der Waals surface area contributed by atoms with Gasteiger partial charge in [0.15, 0.2) is 0 Å². The lowest BCUT2D eigenvalue weighted by molar-refractivity contribution is -0.148. The fraction of sp³-hybridized carbons (Fsp3) is 0.286. The van der Waals surface area contributed by atoms with Gasteiger partial charge in [0.2, 0.25) is 11.7 Å². The third kappa shape index (κ3) is 9.21. The molecule has 1 aromatic carbocycles. The van der Waals surface area contributed by atoms with Crippen LogP contribution in [-0.4, -0.2) is 39.9 Å². The van der Waals surface area contributed by atoms with E-state index in [4.69, 9.17) is 21.7 Å². The van der Waals surface area contributed by atoms with Crippen molar-refractivity contribution in [1.29, 1.82) is 0 Å². The number of primary amides is 1. The number of hydrogen-bond donors (Lipinski definition) is 4. The fourth-order valence-electron chi connectivity index (χ4n) is 1.28. The van der Waals surface area contributed by atoms with Crippen molar-refractivity contribution < 1.29 is 29.4 Å². The molecule has 1 unspecified atom stereocenters. The molecule has 0 aliphatic heterocycles. The number of carbonyl (C=O) groups excluding carboxylic acids is 2. The Hall–Kier alpha value is -2.74. The van der Waals surface area contributed by atoms with Crippen LogP contribution in [0.3, 0.4) is 0 Å². The maximum Gasteiger partial charge on any atom is 0.372 e. The van der Waals surface area contributed by atoms with E-state index >= 15 is 0 Å². The summed E-state index contributed by atoms with van der Waals surface area (Å²) in [6, 6.07) is 7.82. The average Bonchev–Trinajstić information content (AvgIpc) is 2.46. The highest BCUT2D eigenvalue weighted by molar-refractivity contribution is 6.33. The quantitative estimate of drug-likeness (QED) is 0.496. The normalized spacial score (nSPS) is 10.8. The molecule has 8 nitrogen and oxygen atoms in total. The Kier molecular flexibility index (Phi) is 8.80. The molecule has 0 radical (unpaired) electrons. The Labute approximate surface area is 126 Å². The molecule has 8 heteroatoms. The zero-order chi connectivity index (χ0) is 17.1. The molecule has 0 heterocycles. The number of nitrogens with two attached hydrogens (primary N) is 2. The van der Waals surface area contributed by atoms with Gasteiger partial charge >= 0.3 is 11.9 Å². The zero-order valence-corrected chi connectivity index (χ0v) is 11.8. The van der Waals surface area contributed by atoms with E-state index in [1.807, 2.05) is 6.07 Å². The minimum Gasteiger partial charge on any atom is -0.480 e. The zero-order valence-electron chi connectivity index (χ0n) is 11.8. The summed E-state index contributed by atoms with van der Waals surface area (Å²) in [5.41, 5.74) is 10.5. The van der Waals surface area contributed by atoms with Gasteiger partial charge in [-0.25, -0.2) is 4.79 Å². The topological polar surface area (TPSA) is 161 Å². The number of carboxylic acids is 2. The monoisotopic (exact) mass is 310 g/mol. The van der Waals surface area contributed by atoms with Gasteiger partial charge in [-0.3, -0.25) is 14.4 Å². The number of hydrogen-bond acceptors (Lipinski definition) is 5. The summed E-state index contributed by atoms with van der Waals surface area (Å²) in [5, 5.41) is 16.5. The minimum atomic E-state index is -1.38. The lowest BCUT2D eigenvalue weighted by atomic mass is 10.1. The van der Waals surface area contributed by atoms with Gasteiger partial charge in [0, 0.05) is 12.8 Å². The smallest absolute Gasteiger partial charge is 0.372 e. The van der Waals surface area contributed by atoms with Crippen molar-refractivity contribution in [1.82, 2.24) is 0 Å². The summed E-state index contributed by atoms with van der Waals surface area (Å²) in [6.45, 7) is 0. The highest BCUT2D eigenvalue weighted by atomic mass is 16.4. The van der Waals surface area contributed by atoms with Crippen LogP contribution in [0.15, 0.2) is 30.3 Å². The fourth-order valence-corrected chi connectivity index (χ4v) is 1.28. The molecular weight excluding hydrogens is 292 g/mol. The van der Waals surface area contributed by atoms with Crippen LogP contribution in [-0.2, 0) is 25.6 Å². The Bertz CT molecular complexity index is 529. The third-order valence-corrected chi connectivity index (χ3v) is 2.46. The lowest BCUT2D eigenvalue weighted by Gasteiger charge is -2.01. The maximum absolute atomic E-state index is 10.7. The predicted octanol–water partition coefficient (Wildman–Crippen LogP) is -0.453. The van der Waals surface area contributed by atoms with Crippen molar-refractivity contribution in [2.45, 2.75) is 25.3 Å². The molecule has 6 N–H and O–H groups in total. The Morgan fingerprint density at radius 3 is 2.00 bits per heavy atom. The second-order valence-electron chi connectivity index (χ2n) is 4.34. The molecule has 120 valence electrons. The van der Waals surface area contributed by atoms with Gasteiger partial charge < -0.3 is 21.7 Å². The van der Waals surface area contributed by atoms with E-state index < -0.39 is 29.7 Å². The van der Waals surface area contributed by atoms with Crippen LogP contribution in [0.4, 0.5) is 0 Å². The number of carbonyl (C=O) groups is 4. The van der Waals surface area contributed by atoms with Crippen molar-refractivity contribution in [2.75, 3.05) is 0 Å². The number of benzene rings is 1. The molecule has 0 saturated carbocycles. The van der Waals surface area contributed by atoms with E-state index in [-0.39, 0.29) is 19.3 Å². The standard InChI is InChI=1S/C9H8O3.C5H10N2O3/c10-8(9(11)12)6-7-4-2-1-3-5-7;6-3(5(9)10)1-2-4(7)8/h1-5H,6H2,(H,11,12);3H,1-2,6H2,(H2,7,8)(H,9,10). The molecule has 22 heavy (non-hydrogen) atoms. The second kappa shape index (κ2) is 10.1. The first kappa shape index (κ1) is 19.3. The summed E-state index contributed by atoms with van der Waals surface area (Å²) in [6.07, 6.45) is 0.0916. The van der Waals surface area contributed by atoms with Crippen LogP contribution in [0, 0.1) is 0 Å². The number of Topliss-reactive ketones (excluding diaryl/α,β-unsaturated/α-hetero) is 1. The van der Waals surface area contributed by atoms with Gasteiger partial charge in [0.25, 0.3) is 0 Å². The van der Waals surface area contributed by atoms with Crippen molar-refractivity contribution in [2.24, 2.45) is 11.5 Å². The summed E-state index contributed by atoms with van der Waals surface area (Å²) in [7, 11) is 0. The number of carboxylic acid groups (broad SMARTS) is 2. The highest BCUT2D eigenvalue weighted by Crippen LogP contribution is 1.99. The second-order valence-corrected chi connectivity index (χ2v) is 4.34. The molecule has 0 bridgehead atoms. The molecule has 1 aromatic rings. The van der Waals surface area contributed by atoms with Crippen LogP contribution in [0.1, 0.15) is 18.4 Å². The summed E-state index contributed by atoms with van der Waals surface area (Å²) < 4.78 is 0. The van der Waals surface area contributed by atoms with E-state index in [1.165, 1.54) is 0 Å². The van der Waals surface area contributed by atoms with Crippen LogP contribution in [0.5, 0.6) is 0 Å². The number of rotatable bonds is 7. The highest BCUT2D eigenvalue weighted by Gasteiger charge is 2.11. The van der Waals surface area contributed by atoms with E-state index in [9.17, 15) is 19.2 Å². The number of amides is 1. The number of ketones is 1. The van der Waals surface area contributed by atoms with E-state index in [1.54, 1.807) is 24.3 Å². The lowest BCUT2D eigenvalue weighted by Crippen LogP contribution is -2.31. The largest absolute Gasteiger partial charge is 0.480 e. The molecule has 1 atom stereocenters. The molecule has 0 aliphatic rings. The first-order chi connectivity index (χ1) is 10.2. The SMILES string of the molecule is NC(=O)CCC(N)C(=O)O.O=C(O)C(=O)Cc1ccccc1. The first-order valence-electron chi connectivity index (χ1n) is 6.30. The van der Waals surface area contributed by atoms with Crippen LogP contribution >= 0.6 is 0 Å². The van der Waals surface area contributed by atoms with Crippen molar-refractivity contribution >= 4 is 23.6 Å². The number of aliphatic carboxylic acids is 2. The molecule has 1 amide bonds. The van der Waals surface area contributed by atoms with Gasteiger partial charge in [-0.15, -0.1) is 0 Å². The summed E-state index contributed by atoms with van der Waals surface area (Å²) in [5.74, 6) is -3.79. The Morgan fingerprint density at radius 2 is 1.59 bits per heavy atom. The molecule has 1 rings (SSSR count). The molecule has 0 saturated heterocycles. The molecule has 0 fully saturated rings. The van der Waals surface area contributed by atoms with Gasteiger partial charge in [0.05, 0.1) is 0 Å². The van der Waals surface area contributed by atoms with Crippen molar-refractivity contribution in [3.63, 3.8) is 0 Å². The van der Waals surface area contributed by atoms with Crippen molar-refractivity contribution in [3.05, 3.63) is 35.9 Å². The maximum atomic E-state index is 10.7. The molecule has 0 spiro atoms. The van der Waals surface area contributed by atoms with Gasteiger partial charge in [-0.2, -0.15) is 0 Å². The van der Waals surface area contributed by atoms with Gasteiger partial charge in [-0.05, 0) is 12.0 Å². The van der Waals surface area contributed by atoms with E-state index in [0.717, 1.165) is 5.56 Å². The van der Waals surface area contributed by atoms with Crippen LogP contribution in [0.25, 0.3) is 0 Å². The molecule has 0 aliphatic carbocycles. The first-order valence-corrected chi connectivity index (χ1v) is 6.30. The van der Waals surface area contributed by atoms with Crippen LogP contribution < -0.4 is 11.5 Å². The van der Waals surface area contributed by atoms with Gasteiger partial charge in [0.1, 0.15) is 6.04 Å². The van der Waals surface area contributed by atoms with E-state index in [0.29, 0.717) is 0 Å². The predicted molar refractivity (Wildman–Crippen MR) is 76.8 cm³/mol.